The number of aromatic nitrogens is 3. The van der Waals surface area contributed by atoms with Crippen LogP contribution in [-0.4, -0.2) is 26.8 Å². The molecule has 5 nitrogen and oxygen atoms in total. The molecule has 0 unspecified atom stereocenters. The van der Waals surface area contributed by atoms with Crippen LogP contribution in [0.2, 0.25) is 0 Å². The van der Waals surface area contributed by atoms with Gasteiger partial charge >= 0.3 is 6.18 Å². The van der Waals surface area contributed by atoms with Crippen LogP contribution < -0.4 is 5.32 Å². The van der Waals surface area contributed by atoms with E-state index < -0.39 is 12.1 Å². The standard InChI is InChI=1S/C13H13F3N4OS/c14-13(15,16)9-1-2-10-18-19-11(20(10)6-9)5-17-12(21)8-3-4-22-7-8/h3-4,7,9H,1-2,5-6H2,(H,17,21)/t9-/m0/s1. The van der Waals surface area contributed by atoms with Crippen LogP contribution in [0.3, 0.4) is 0 Å². The summed E-state index contributed by atoms with van der Waals surface area (Å²) in [6, 6.07) is 1.68. The summed E-state index contributed by atoms with van der Waals surface area (Å²) in [6.45, 7) is -0.123. The molecule has 1 aliphatic rings. The number of thiophene rings is 1. The second-order valence-corrected chi connectivity index (χ2v) is 5.90. The van der Waals surface area contributed by atoms with Gasteiger partial charge in [-0.2, -0.15) is 24.5 Å². The van der Waals surface area contributed by atoms with Crippen molar-refractivity contribution in [2.45, 2.75) is 32.1 Å². The summed E-state index contributed by atoms with van der Waals surface area (Å²) in [5.41, 5.74) is 0.525. The molecule has 2 aromatic heterocycles. The Morgan fingerprint density at radius 1 is 1.45 bits per heavy atom. The average molecular weight is 330 g/mol. The Morgan fingerprint density at radius 3 is 2.95 bits per heavy atom. The zero-order valence-electron chi connectivity index (χ0n) is 11.4. The summed E-state index contributed by atoms with van der Waals surface area (Å²) in [5.74, 6) is -0.767. The van der Waals surface area contributed by atoms with Gasteiger partial charge in [-0.15, -0.1) is 10.2 Å². The third-order valence-electron chi connectivity index (χ3n) is 3.68. The van der Waals surface area contributed by atoms with Gasteiger partial charge in [0.15, 0.2) is 5.82 Å². The van der Waals surface area contributed by atoms with E-state index in [1.54, 1.807) is 16.8 Å². The largest absolute Gasteiger partial charge is 0.393 e. The number of carbonyl (C=O) groups is 1. The van der Waals surface area contributed by atoms with Gasteiger partial charge in [0.05, 0.1) is 12.5 Å². The average Bonchev–Trinajstić information content (AvgIpc) is 3.13. The van der Waals surface area contributed by atoms with Crippen molar-refractivity contribution in [2.75, 3.05) is 0 Å². The molecule has 1 N–H and O–H groups in total. The first kappa shape index (κ1) is 15.0. The third kappa shape index (κ3) is 2.99. The quantitative estimate of drug-likeness (QED) is 0.940. The van der Waals surface area contributed by atoms with E-state index in [4.69, 9.17) is 0 Å². The van der Waals surface area contributed by atoms with Gasteiger partial charge in [-0.25, -0.2) is 0 Å². The minimum atomic E-state index is -4.22. The zero-order valence-corrected chi connectivity index (χ0v) is 12.2. The predicted molar refractivity (Wildman–Crippen MR) is 73.4 cm³/mol. The van der Waals surface area contributed by atoms with Crippen molar-refractivity contribution >= 4 is 17.2 Å². The summed E-state index contributed by atoms with van der Waals surface area (Å²) < 4.78 is 40.0. The van der Waals surface area contributed by atoms with Gasteiger partial charge in [-0.05, 0) is 17.9 Å². The topological polar surface area (TPSA) is 59.8 Å². The fraction of sp³-hybridized carbons (Fsp3) is 0.462. The fourth-order valence-corrected chi connectivity index (χ4v) is 3.07. The normalized spacial score (nSPS) is 18.0. The number of halogens is 3. The molecule has 22 heavy (non-hydrogen) atoms. The number of nitrogens with one attached hydrogen (secondary N) is 1. The second-order valence-electron chi connectivity index (χ2n) is 5.11. The Labute approximate surface area is 128 Å². The molecule has 9 heteroatoms. The number of fused-ring (bicyclic) bond motifs is 1. The highest BCUT2D eigenvalue weighted by atomic mass is 32.1. The number of amides is 1. The minimum Gasteiger partial charge on any atom is -0.345 e. The number of hydrogen-bond donors (Lipinski definition) is 1. The van der Waals surface area contributed by atoms with Gasteiger partial charge < -0.3 is 9.88 Å². The Bertz CT molecular complexity index is 665. The van der Waals surface area contributed by atoms with Crippen LogP contribution in [0.4, 0.5) is 13.2 Å². The van der Waals surface area contributed by atoms with E-state index in [9.17, 15) is 18.0 Å². The number of rotatable bonds is 3. The predicted octanol–water partition coefficient (Wildman–Crippen LogP) is 2.39. The number of carbonyl (C=O) groups excluding carboxylic acids is 1. The van der Waals surface area contributed by atoms with Crippen molar-refractivity contribution < 1.29 is 18.0 Å². The third-order valence-corrected chi connectivity index (χ3v) is 4.36. The molecule has 118 valence electrons. The molecular formula is C13H13F3N4OS. The lowest BCUT2D eigenvalue weighted by Gasteiger charge is -2.26. The van der Waals surface area contributed by atoms with Crippen LogP contribution in [0.1, 0.15) is 28.4 Å². The van der Waals surface area contributed by atoms with Gasteiger partial charge in [0.25, 0.3) is 5.91 Å². The lowest BCUT2D eigenvalue weighted by Crippen LogP contribution is -2.33. The fourth-order valence-electron chi connectivity index (χ4n) is 2.44. The lowest BCUT2D eigenvalue weighted by molar-refractivity contribution is -0.182. The first-order valence-corrected chi connectivity index (χ1v) is 7.67. The molecule has 0 aliphatic carbocycles. The highest BCUT2D eigenvalue weighted by Crippen LogP contribution is 2.34. The molecule has 0 saturated heterocycles. The molecule has 3 rings (SSSR count). The summed E-state index contributed by atoms with van der Waals surface area (Å²) in [7, 11) is 0. The van der Waals surface area contributed by atoms with Crippen LogP contribution >= 0.6 is 11.3 Å². The van der Waals surface area contributed by atoms with Crippen LogP contribution in [-0.2, 0) is 19.5 Å². The van der Waals surface area contributed by atoms with Gasteiger partial charge in [-0.1, -0.05) is 0 Å². The van der Waals surface area contributed by atoms with Crippen molar-refractivity contribution in [3.05, 3.63) is 34.0 Å². The monoisotopic (exact) mass is 330 g/mol. The van der Waals surface area contributed by atoms with E-state index in [-0.39, 0.29) is 31.8 Å². The second kappa shape index (κ2) is 5.71. The first-order valence-electron chi connectivity index (χ1n) is 6.73. The Morgan fingerprint density at radius 2 is 2.27 bits per heavy atom. The van der Waals surface area contributed by atoms with E-state index in [2.05, 4.69) is 15.5 Å². The van der Waals surface area contributed by atoms with Crippen molar-refractivity contribution in [3.63, 3.8) is 0 Å². The maximum atomic E-state index is 12.9. The molecule has 1 amide bonds. The van der Waals surface area contributed by atoms with Crippen LogP contribution in [0.15, 0.2) is 16.8 Å². The Kier molecular flexibility index (Phi) is 3.90. The van der Waals surface area contributed by atoms with Gasteiger partial charge in [-0.3, -0.25) is 4.79 Å². The van der Waals surface area contributed by atoms with Crippen LogP contribution in [0.25, 0.3) is 0 Å². The summed E-state index contributed by atoms with van der Waals surface area (Å²) in [4.78, 5) is 11.9. The van der Waals surface area contributed by atoms with Gasteiger partial charge in [0.1, 0.15) is 5.82 Å². The lowest BCUT2D eigenvalue weighted by atomic mass is 9.99. The van der Waals surface area contributed by atoms with E-state index >= 15 is 0 Å². The molecular weight excluding hydrogens is 317 g/mol. The number of nitrogens with zero attached hydrogens (tertiary/aromatic N) is 3. The zero-order chi connectivity index (χ0) is 15.7. The molecule has 0 fully saturated rings. The molecule has 2 aromatic rings. The van der Waals surface area contributed by atoms with E-state index in [0.29, 0.717) is 17.2 Å². The van der Waals surface area contributed by atoms with Crippen molar-refractivity contribution in [3.8, 4) is 0 Å². The van der Waals surface area contributed by atoms with E-state index in [0.717, 1.165) is 0 Å². The Hall–Kier alpha value is -1.90. The SMILES string of the molecule is O=C(NCc1nnc2n1C[C@@H](C(F)(F)F)CC2)c1ccsc1. The molecule has 0 spiro atoms. The van der Waals surface area contributed by atoms with E-state index in [1.807, 2.05) is 0 Å². The van der Waals surface area contributed by atoms with Crippen LogP contribution in [0.5, 0.6) is 0 Å². The van der Waals surface area contributed by atoms with E-state index in [1.165, 1.54) is 15.9 Å². The summed E-state index contributed by atoms with van der Waals surface area (Å²) in [6.07, 6.45) is -3.95. The van der Waals surface area contributed by atoms with Crippen molar-refractivity contribution in [2.24, 2.45) is 5.92 Å². The maximum absolute atomic E-state index is 12.9. The Balaban J connectivity index is 1.69. The summed E-state index contributed by atoms with van der Waals surface area (Å²) >= 11 is 1.40. The molecule has 3 heterocycles. The molecule has 1 aliphatic heterocycles. The highest BCUT2D eigenvalue weighted by molar-refractivity contribution is 7.08. The molecule has 1 atom stereocenters. The molecule has 0 aromatic carbocycles. The van der Waals surface area contributed by atoms with Crippen molar-refractivity contribution in [1.82, 2.24) is 20.1 Å². The van der Waals surface area contributed by atoms with Gasteiger partial charge in [0, 0.05) is 23.9 Å². The van der Waals surface area contributed by atoms with Gasteiger partial charge in [0.2, 0.25) is 0 Å². The summed E-state index contributed by atoms with van der Waals surface area (Å²) in [5, 5.41) is 13.9. The molecule has 0 saturated carbocycles. The highest BCUT2D eigenvalue weighted by Gasteiger charge is 2.42. The minimum absolute atomic E-state index is 0.0307. The molecule has 0 bridgehead atoms. The number of hydrogen-bond acceptors (Lipinski definition) is 4. The maximum Gasteiger partial charge on any atom is 0.393 e. The number of alkyl halides is 3. The molecule has 0 radical (unpaired) electrons. The number of aryl methyl sites for hydroxylation is 1. The smallest absolute Gasteiger partial charge is 0.345 e. The van der Waals surface area contributed by atoms with Crippen molar-refractivity contribution in [1.29, 1.82) is 0 Å². The first-order chi connectivity index (χ1) is 10.4. The van der Waals surface area contributed by atoms with Crippen LogP contribution in [0, 0.1) is 5.92 Å².